The Kier molecular flexibility index (Phi) is 5.28. The highest BCUT2D eigenvalue weighted by molar-refractivity contribution is 5.98. The molecule has 1 atom stereocenters. The summed E-state index contributed by atoms with van der Waals surface area (Å²) in [6.45, 7) is 1.98. The number of H-pyrrole nitrogens is 1. The van der Waals surface area contributed by atoms with Crippen molar-refractivity contribution in [2.45, 2.75) is 32.4 Å². The lowest BCUT2D eigenvalue weighted by atomic mass is 9.98. The van der Waals surface area contributed by atoms with Crippen LogP contribution in [0.3, 0.4) is 0 Å². The van der Waals surface area contributed by atoms with Crippen LogP contribution in [0, 0.1) is 6.92 Å². The van der Waals surface area contributed by atoms with E-state index in [1.165, 1.54) is 16.8 Å². The minimum atomic E-state index is -0.969. The Morgan fingerprint density at radius 1 is 1.21 bits per heavy atom. The van der Waals surface area contributed by atoms with E-state index in [9.17, 15) is 19.5 Å². The molecule has 4 N–H and O–H groups in total. The number of carbonyl (C=O) groups excluding carboxylic acids is 2. The highest BCUT2D eigenvalue weighted by Gasteiger charge is 2.28. The summed E-state index contributed by atoms with van der Waals surface area (Å²) in [7, 11) is 0. The number of rotatable bonds is 6. The third kappa shape index (κ3) is 3.76. The minimum Gasteiger partial charge on any atom is -0.478 e. The summed E-state index contributed by atoms with van der Waals surface area (Å²) in [6, 6.07) is 6.07. The van der Waals surface area contributed by atoms with E-state index < -0.39 is 17.8 Å². The lowest BCUT2D eigenvalue weighted by Gasteiger charge is -2.16. The van der Waals surface area contributed by atoms with Gasteiger partial charge in [0, 0.05) is 24.5 Å². The molecule has 0 radical (unpaired) electrons. The lowest BCUT2D eigenvalue weighted by molar-refractivity contribution is 0.0695. The van der Waals surface area contributed by atoms with Crippen molar-refractivity contribution in [3.05, 3.63) is 82.3 Å². The van der Waals surface area contributed by atoms with Crippen molar-refractivity contribution < 1.29 is 19.5 Å². The van der Waals surface area contributed by atoms with E-state index >= 15 is 0 Å². The third-order valence-electron chi connectivity index (χ3n) is 6.02. The van der Waals surface area contributed by atoms with E-state index in [0.29, 0.717) is 24.3 Å². The molecule has 3 aromatic heterocycles. The Morgan fingerprint density at radius 3 is 2.82 bits per heavy atom. The number of nitrogens with one attached hydrogen (secondary N) is 3. The van der Waals surface area contributed by atoms with Gasteiger partial charge in [-0.2, -0.15) is 5.10 Å². The maximum absolute atomic E-state index is 13.3. The highest BCUT2D eigenvalue weighted by atomic mass is 16.4. The fourth-order valence-electron chi connectivity index (χ4n) is 4.33. The van der Waals surface area contributed by atoms with Gasteiger partial charge in [-0.25, -0.2) is 19.3 Å². The fraction of sp³-hybridized carbons (Fsp3) is 0.217. The number of hydrogen-bond acceptors (Lipinski definition) is 6. The second-order valence-corrected chi connectivity index (χ2v) is 8.02. The number of carboxylic acids is 1. The molecule has 0 spiro atoms. The highest BCUT2D eigenvalue weighted by Crippen LogP contribution is 2.34. The molecule has 1 aromatic carbocycles. The normalized spacial score (nSPS) is 14.7. The molecule has 11 heteroatoms. The maximum atomic E-state index is 13.3. The van der Waals surface area contributed by atoms with Crippen molar-refractivity contribution in [2.75, 3.05) is 0 Å². The zero-order chi connectivity index (χ0) is 23.8. The first-order valence-corrected chi connectivity index (χ1v) is 10.7. The molecule has 11 nitrogen and oxygen atoms in total. The molecule has 5 rings (SSSR count). The molecule has 34 heavy (non-hydrogen) atoms. The standard InChI is InChI=1S/C23H21N7O4/c1-12-13-4-5-16(15(13)3-2-14(12)23(33)34)29-22(32)18-10-17(28-20-6-7-27-30(18)20)21(31)26-11-19-24-8-9-25-19/h2-3,6-10,16H,4-5,11H2,1H3,(H,24,25)(H,26,31)(H,29,32)(H,33,34)/t16-/m0/s1. The largest absolute Gasteiger partial charge is 0.478 e. The van der Waals surface area contributed by atoms with Crippen molar-refractivity contribution in [2.24, 2.45) is 0 Å². The number of imidazole rings is 1. The van der Waals surface area contributed by atoms with E-state index in [-0.39, 0.29) is 29.5 Å². The smallest absolute Gasteiger partial charge is 0.335 e. The van der Waals surface area contributed by atoms with Crippen molar-refractivity contribution in [3.63, 3.8) is 0 Å². The summed E-state index contributed by atoms with van der Waals surface area (Å²) in [5.74, 6) is -1.23. The Balaban J connectivity index is 1.40. The van der Waals surface area contributed by atoms with Crippen LogP contribution >= 0.6 is 0 Å². The number of nitrogens with zero attached hydrogens (tertiary/aromatic N) is 4. The summed E-state index contributed by atoms with van der Waals surface area (Å²) in [5.41, 5.74) is 3.45. The molecular formula is C23H21N7O4. The van der Waals surface area contributed by atoms with Crippen molar-refractivity contribution in [1.29, 1.82) is 0 Å². The van der Waals surface area contributed by atoms with Gasteiger partial charge in [-0.05, 0) is 42.5 Å². The first-order chi connectivity index (χ1) is 16.4. The predicted molar refractivity (Wildman–Crippen MR) is 119 cm³/mol. The van der Waals surface area contributed by atoms with Crippen LogP contribution in [0.1, 0.15) is 66.3 Å². The van der Waals surface area contributed by atoms with Gasteiger partial charge in [0.2, 0.25) is 0 Å². The Labute approximate surface area is 193 Å². The molecule has 1 aliphatic rings. The Hall–Kier alpha value is -4.54. The number of amides is 2. The number of carbonyl (C=O) groups is 3. The van der Waals surface area contributed by atoms with E-state index in [0.717, 1.165) is 16.7 Å². The van der Waals surface area contributed by atoms with Crippen LogP contribution < -0.4 is 10.6 Å². The first kappa shape index (κ1) is 21.3. The van der Waals surface area contributed by atoms with Gasteiger partial charge in [0.1, 0.15) is 17.2 Å². The summed E-state index contributed by atoms with van der Waals surface area (Å²) >= 11 is 0. The summed E-state index contributed by atoms with van der Waals surface area (Å²) in [5, 5.41) is 19.3. The number of hydrogen-bond donors (Lipinski definition) is 4. The summed E-state index contributed by atoms with van der Waals surface area (Å²) in [6.07, 6.45) is 6.07. The van der Waals surface area contributed by atoms with Crippen LogP contribution in [-0.4, -0.2) is 47.5 Å². The fourth-order valence-corrected chi connectivity index (χ4v) is 4.33. The molecule has 4 aromatic rings. The average molecular weight is 459 g/mol. The van der Waals surface area contributed by atoms with Crippen LogP contribution in [0.25, 0.3) is 5.65 Å². The first-order valence-electron chi connectivity index (χ1n) is 10.7. The lowest BCUT2D eigenvalue weighted by Crippen LogP contribution is -2.30. The van der Waals surface area contributed by atoms with Gasteiger partial charge >= 0.3 is 5.97 Å². The van der Waals surface area contributed by atoms with Gasteiger partial charge in [0.25, 0.3) is 11.8 Å². The van der Waals surface area contributed by atoms with Gasteiger partial charge in [0.15, 0.2) is 5.65 Å². The van der Waals surface area contributed by atoms with Gasteiger partial charge in [-0.15, -0.1) is 0 Å². The van der Waals surface area contributed by atoms with Gasteiger partial charge in [-0.3, -0.25) is 9.59 Å². The number of carboxylic acid groups (broad SMARTS) is 1. The molecule has 0 unspecified atom stereocenters. The second kappa shape index (κ2) is 8.43. The minimum absolute atomic E-state index is 0.0819. The monoisotopic (exact) mass is 459 g/mol. The van der Waals surface area contributed by atoms with Gasteiger partial charge < -0.3 is 20.7 Å². The molecule has 3 heterocycles. The summed E-state index contributed by atoms with van der Waals surface area (Å²) in [4.78, 5) is 48.7. The molecule has 1 aliphatic carbocycles. The van der Waals surface area contributed by atoms with Crippen LogP contribution in [0.5, 0.6) is 0 Å². The third-order valence-corrected chi connectivity index (χ3v) is 6.02. The van der Waals surface area contributed by atoms with Crippen LogP contribution in [0.15, 0.2) is 42.9 Å². The molecule has 0 saturated carbocycles. The maximum Gasteiger partial charge on any atom is 0.335 e. The van der Waals surface area contributed by atoms with E-state index in [1.54, 1.807) is 37.5 Å². The topological polar surface area (TPSA) is 154 Å². The molecular weight excluding hydrogens is 438 g/mol. The van der Waals surface area contributed by atoms with Crippen molar-refractivity contribution in [1.82, 2.24) is 35.2 Å². The van der Waals surface area contributed by atoms with Crippen LogP contribution in [0.4, 0.5) is 0 Å². The van der Waals surface area contributed by atoms with Gasteiger partial charge in [0.05, 0.1) is 24.3 Å². The van der Waals surface area contributed by atoms with Crippen LogP contribution in [-0.2, 0) is 13.0 Å². The van der Waals surface area contributed by atoms with Crippen LogP contribution in [0.2, 0.25) is 0 Å². The SMILES string of the molecule is Cc1c(C(=O)O)ccc2c1CC[C@@H]2NC(=O)c1cc(C(=O)NCc2ncc[nH]2)nc2ccnn12. The van der Waals surface area contributed by atoms with Crippen molar-refractivity contribution in [3.8, 4) is 0 Å². The van der Waals surface area contributed by atoms with Gasteiger partial charge in [-0.1, -0.05) is 6.07 Å². The molecule has 0 aliphatic heterocycles. The second-order valence-electron chi connectivity index (χ2n) is 8.02. The number of fused-ring (bicyclic) bond motifs is 2. The molecule has 172 valence electrons. The van der Waals surface area contributed by atoms with E-state index in [4.69, 9.17) is 0 Å². The zero-order valence-corrected chi connectivity index (χ0v) is 18.2. The number of aromatic carboxylic acids is 1. The molecule has 0 bridgehead atoms. The average Bonchev–Trinajstić information content (AvgIpc) is 3.58. The molecule has 0 fully saturated rings. The number of aromatic amines is 1. The molecule has 2 amide bonds. The number of benzene rings is 1. The quantitative estimate of drug-likeness (QED) is 0.343. The summed E-state index contributed by atoms with van der Waals surface area (Å²) < 4.78 is 1.38. The Morgan fingerprint density at radius 2 is 2.06 bits per heavy atom. The molecule has 0 saturated heterocycles. The zero-order valence-electron chi connectivity index (χ0n) is 18.2. The Bertz CT molecular complexity index is 1420. The number of aromatic nitrogens is 5. The van der Waals surface area contributed by atoms with Crippen molar-refractivity contribution >= 4 is 23.4 Å². The van der Waals surface area contributed by atoms with E-state index in [2.05, 4.69) is 30.7 Å². The van der Waals surface area contributed by atoms with E-state index in [1.807, 2.05) is 0 Å². The predicted octanol–water partition coefficient (Wildman–Crippen LogP) is 1.81.